The van der Waals surface area contributed by atoms with Crippen LogP contribution in [-0.4, -0.2) is 9.79 Å². The van der Waals surface area contributed by atoms with Gasteiger partial charge in [0, 0.05) is 0 Å². The number of benzene rings is 1. The van der Waals surface area contributed by atoms with Gasteiger partial charge in [-0.15, -0.1) is 0 Å². The van der Waals surface area contributed by atoms with Gasteiger partial charge in [0.05, 0.1) is 5.30 Å². The van der Waals surface area contributed by atoms with Gasteiger partial charge in [-0.2, -0.15) is 0 Å². The second kappa shape index (κ2) is 6.34. The molecule has 0 atom stereocenters. The summed E-state index contributed by atoms with van der Waals surface area (Å²) in [7, 11) is -4.14. The lowest BCUT2D eigenvalue weighted by atomic mass is 9.99. The predicted molar refractivity (Wildman–Crippen MR) is 70.7 cm³/mol. The second-order valence-corrected chi connectivity index (χ2v) is 5.88. The lowest BCUT2D eigenvalue weighted by Crippen LogP contribution is -2.14. The molecule has 3 nitrogen and oxygen atoms in total. The zero-order valence-electron chi connectivity index (χ0n) is 10.5. The molecule has 4 heteroatoms. The average molecular weight is 256 g/mol. The quantitative estimate of drug-likeness (QED) is 0.769. The molecular formula is C13H21O3P. The van der Waals surface area contributed by atoms with Crippen molar-refractivity contribution >= 4 is 12.9 Å². The van der Waals surface area contributed by atoms with Crippen molar-refractivity contribution in [3.63, 3.8) is 0 Å². The van der Waals surface area contributed by atoms with Gasteiger partial charge in [-0.1, -0.05) is 38.8 Å². The highest BCUT2D eigenvalue weighted by Crippen LogP contribution is 2.36. The Labute approximate surface area is 103 Å². The van der Waals surface area contributed by atoms with Crippen molar-refractivity contribution in [2.45, 2.75) is 46.0 Å². The summed E-state index contributed by atoms with van der Waals surface area (Å²) in [5.41, 5.74) is 1.95. The van der Waals surface area contributed by atoms with E-state index in [-0.39, 0.29) is 5.30 Å². The van der Waals surface area contributed by atoms with E-state index in [0.29, 0.717) is 0 Å². The minimum atomic E-state index is -4.14. The van der Waals surface area contributed by atoms with E-state index in [4.69, 9.17) is 0 Å². The van der Waals surface area contributed by atoms with E-state index in [0.717, 1.165) is 43.2 Å². The maximum atomic E-state index is 11.4. The lowest BCUT2D eigenvalue weighted by molar-refractivity contribution is 0.387. The van der Waals surface area contributed by atoms with Crippen molar-refractivity contribution in [1.82, 2.24) is 0 Å². The Morgan fingerprint density at radius 2 is 1.82 bits per heavy atom. The van der Waals surface area contributed by atoms with Gasteiger partial charge in [0.2, 0.25) is 0 Å². The Morgan fingerprint density at radius 3 is 2.35 bits per heavy atom. The van der Waals surface area contributed by atoms with E-state index >= 15 is 0 Å². The van der Waals surface area contributed by atoms with Gasteiger partial charge in [0.15, 0.2) is 0 Å². The van der Waals surface area contributed by atoms with Crippen LogP contribution in [0.15, 0.2) is 18.2 Å². The summed E-state index contributed by atoms with van der Waals surface area (Å²) < 4.78 is 11.4. The van der Waals surface area contributed by atoms with Crippen LogP contribution in [0.1, 0.15) is 44.2 Å². The van der Waals surface area contributed by atoms with Crippen LogP contribution < -0.4 is 5.30 Å². The molecule has 0 heterocycles. The Kier molecular flexibility index (Phi) is 5.38. The Balaban J connectivity index is 3.17. The van der Waals surface area contributed by atoms with Gasteiger partial charge in [-0.3, -0.25) is 4.57 Å². The first-order chi connectivity index (χ1) is 8.00. The first-order valence-electron chi connectivity index (χ1n) is 6.17. The topological polar surface area (TPSA) is 57.5 Å². The largest absolute Gasteiger partial charge is 0.356 e. The van der Waals surface area contributed by atoms with Crippen molar-refractivity contribution < 1.29 is 14.4 Å². The molecule has 0 saturated carbocycles. The molecule has 1 rings (SSSR count). The summed E-state index contributed by atoms with van der Waals surface area (Å²) in [5.74, 6) is 0. The zero-order valence-corrected chi connectivity index (χ0v) is 11.4. The molecule has 0 unspecified atom stereocenters. The molecule has 0 aliphatic heterocycles. The minimum absolute atomic E-state index is 0.216. The first-order valence-corrected chi connectivity index (χ1v) is 7.78. The maximum absolute atomic E-state index is 11.4. The highest BCUT2D eigenvalue weighted by Gasteiger charge is 2.22. The Morgan fingerprint density at radius 1 is 1.12 bits per heavy atom. The molecule has 0 fully saturated rings. The summed E-state index contributed by atoms with van der Waals surface area (Å²) in [6.07, 6.45) is 4.68. The highest BCUT2D eigenvalue weighted by molar-refractivity contribution is 7.60. The maximum Gasteiger partial charge on any atom is 0.356 e. The normalized spacial score (nSPS) is 11.8. The highest BCUT2D eigenvalue weighted by atomic mass is 31.2. The lowest BCUT2D eigenvalue weighted by Gasteiger charge is -2.15. The van der Waals surface area contributed by atoms with Crippen molar-refractivity contribution in [3.8, 4) is 0 Å². The van der Waals surface area contributed by atoms with Gasteiger partial charge in [0.1, 0.15) is 0 Å². The van der Waals surface area contributed by atoms with Gasteiger partial charge >= 0.3 is 7.60 Å². The minimum Gasteiger partial charge on any atom is -0.321 e. The van der Waals surface area contributed by atoms with Crippen LogP contribution in [0.4, 0.5) is 0 Å². The third-order valence-electron chi connectivity index (χ3n) is 2.86. The molecule has 2 N–H and O–H groups in total. The van der Waals surface area contributed by atoms with E-state index in [9.17, 15) is 14.4 Å². The summed E-state index contributed by atoms with van der Waals surface area (Å²) >= 11 is 0. The fourth-order valence-corrected chi connectivity index (χ4v) is 2.92. The van der Waals surface area contributed by atoms with E-state index in [1.54, 1.807) is 12.1 Å². The fraction of sp³-hybridized carbons (Fsp3) is 0.538. The third-order valence-corrected chi connectivity index (χ3v) is 3.91. The van der Waals surface area contributed by atoms with Gasteiger partial charge < -0.3 is 9.79 Å². The SMILES string of the molecule is CCCCc1cccc(P(=O)(O)O)c1CCC. The molecule has 0 aliphatic carbocycles. The molecule has 0 bridgehead atoms. The summed E-state index contributed by atoms with van der Waals surface area (Å²) in [6, 6.07) is 5.29. The van der Waals surface area contributed by atoms with Crippen LogP contribution in [0, 0.1) is 0 Å². The number of hydrogen-bond acceptors (Lipinski definition) is 1. The average Bonchev–Trinajstić information content (AvgIpc) is 2.26. The van der Waals surface area contributed by atoms with E-state index < -0.39 is 7.60 Å². The van der Waals surface area contributed by atoms with Crippen LogP contribution in [-0.2, 0) is 17.4 Å². The van der Waals surface area contributed by atoms with Crippen LogP contribution >= 0.6 is 7.60 Å². The van der Waals surface area contributed by atoms with Crippen molar-refractivity contribution in [1.29, 1.82) is 0 Å². The summed E-state index contributed by atoms with van der Waals surface area (Å²) in [6.45, 7) is 4.15. The van der Waals surface area contributed by atoms with E-state index in [2.05, 4.69) is 6.92 Å². The fourth-order valence-electron chi connectivity index (χ4n) is 2.03. The zero-order chi connectivity index (χ0) is 12.9. The molecule has 1 aromatic rings. The third kappa shape index (κ3) is 3.95. The molecule has 0 saturated heterocycles. The number of hydrogen-bond donors (Lipinski definition) is 2. The van der Waals surface area contributed by atoms with E-state index in [1.165, 1.54) is 0 Å². The molecule has 1 aromatic carbocycles. The molecule has 0 aliphatic rings. The molecular weight excluding hydrogens is 235 g/mol. The molecule has 17 heavy (non-hydrogen) atoms. The number of rotatable bonds is 6. The molecule has 0 aromatic heterocycles. The summed E-state index contributed by atoms with van der Waals surface area (Å²) in [4.78, 5) is 18.7. The predicted octanol–water partition coefficient (Wildman–Crippen LogP) is 2.78. The van der Waals surface area contributed by atoms with Crippen molar-refractivity contribution in [2.75, 3.05) is 0 Å². The van der Waals surface area contributed by atoms with Crippen molar-refractivity contribution in [2.24, 2.45) is 0 Å². The van der Waals surface area contributed by atoms with Crippen LogP contribution in [0.3, 0.4) is 0 Å². The van der Waals surface area contributed by atoms with E-state index in [1.807, 2.05) is 13.0 Å². The smallest absolute Gasteiger partial charge is 0.321 e. The first kappa shape index (κ1) is 14.4. The van der Waals surface area contributed by atoms with Gasteiger partial charge in [0.25, 0.3) is 0 Å². The standard InChI is InChI=1S/C13H21O3P/c1-3-5-8-11-9-6-10-13(17(14,15)16)12(11)7-4-2/h6,9-10H,3-5,7-8H2,1-2H3,(H2,14,15,16). The molecule has 0 amide bonds. The Bertz CT molecular complexity index is 409. The van der Waals surface area contributed by atoms with Crippen molar-refractivity contribution in [3.05, 3.63) is 29.3 Å². The van der Waals surface area contributed by atoms with Crippen LogP contribution in [0.5, 0.6) is 0 Å². The second-order valence-electron chi connectivity index (χ2n) is 4.31. The number of unbranched alkanes of at least 4 members (excludes halogenated alkanes) is 1. The summed E-state index contributed by atoms with van der Waals surface area (Å²) in [5, 5.41) is 0.216. The van der Waals surface area contributed by atoms with Gasteiger partial charge in [-0.25, -0.2) is 0 Å². The monoisotopic (exact) mass is 256 g/mol. The Hall–Kier alpha value is -0.630. The molecule has 0 radical (unpaired) electrons. The molecule has 96 valence electrons. The number of aryl methyl sites for hydroxylation is 1. The van der Waals surface area contributed by atoms with Gasteiger partial charge in [-0.05, 0) is 36.5 Å². The van der Waals surface area contributed by atoms with Crippen LogP contribution in [0.25, 0.3) is 0 Å². The molecule has 0 spiro atoms. The van der Waals surface area contributed by atoms with Crippen LogP contribution in [0.2, 0.25) is 0 Å².